The summed E-state index contributed by atoms with van der Waals surface area (Å²) in [7, 11) is 3.16. The van der Waals surface area contributed by atoms with Crippen molar-refractivity contribution in [2.24, 2.45) is 28.6 Å². The van der Waals surface area contributed by atoms with Gasteiger partial charge in [-0.1, -0.05) is 34.1 Å². The van der Waals surface area contributed by atoms with Crippen LogP contribution in [-0.2, 0) is 4.79 Å². The Kier molecular flexibility index (Phi) is 5.13. The maximum absolute atomic E-state index is 13.7. The number of methoxy groups -OCH3 is 2. The Morgan fingerprint density at radius 3 is 2.19 bits per heavy atom. The molecular weight excluding hydrogens is 340 g/mol. The van der Waals surface area contributed by atoms with Gasteiger partial charge in [-0.3, -0.25) is 9.59 Å². The molecule has 0 saturated heterocycles. The van der Waals surface area contributed by atoms with E-state index in [4.69, 9.17) is 9.47 Å². The van der Waals surface area contributed by atoms with E-state index in [1.807, 2.05) is 6.92 Å². The average molecular weight is 373 g/mol. The number of ketones is 2. The summed E-state index contributed by atoms with van der Waals surface area (Å²) in [5, 5.41) is 0. The van der Waals surface area contributed by atoms with Gasteiger partial charge in [0.1, 0.15) is 17.3 Å². The zero-order valence-electron chi connectivity index (χ0n) is 17.4. The fraction of sp³-hybridized carbons (Fsp3) is 0.652. The number of carbonyl (C=O) groups excluding carboxylic acids is 2. The Labute approximate surface area is 162 Å². The molecule has 1 aromatic rings. The van der Waals surface area contributed by atoms with Crippen molar-refractivity contribution >= 4 is 11.6 Å². The molecule has 0 bridgehead atoms. The van der Waals surface area contributed by atoms with Crippen LogP contribution in [0.25, 0.3) is 0 Å². The smallest absolute Gasteiger partial charge is 0.167 e. The summed E-state index contributed by atoms with van der Waals surface area (Å²) in [6.07, 6.45) is 3.81. The predicted octanol–water partition coefficient (Wildman–Crippen LogP) is 4.94. The highest BCUT2D eigenvalue weighted by Crippen LogP contribution is 2.60. The summed E-state index contributed by atoms with van der Waals surface area (Å²) in [4.78, 5) is 26.6. The van der Waals surface area contributed by atoms with Crippen LogP contribution in [0.2, 0.25) is 0 Å². The van der Waals surface area contributed by atoms with Crippen LogP contribution in [0.1, 0.15) is 63.7 Å². The van der Waals surface area contributed by atoms with E-state index in [9.17, 15) is 9.59 Å². The Balaban J connectivity index is 2.07. The summed E-state index contributed by atoms with van der Waals surface area (Å²) in [5.74, 6) is 1.13. The molecule has 4 atom stereocenters. The zero-order chi connectivity index (χ0) is 20.0. The number of rotatable bonds is 4. The second-order valence-corrected chi connectivity index (χ2v) is 9.30. The van der Waals surface area contributed by atoms with Gasteiger partial charge in [0.05, 0.1) is 14.2 Å². The SMILES string of the molecule is COc1cc(OC)cc(C(=O)[C@H]2[C@@H](C)C(=O)CC3C(C)(C)CCC[C@@]32C)c1. The van der Waals surface area contributed by atoms with Crippen LogP contribution in [0.5, 0.6) is 11.5 Å². The van der Waals surface area contributed by atoms with Crippen molar-refractivity contribution in [3.63, 3.8) is 0 Å². The second kappa shape index (κ2) is 6.96. The highest BCUT2D eigenvalue weighted by Gasteiger charge is 2.58. The van der Waals surface area contributed by atoms with Gasteiger partial charge in [-0.2, -0.15) is 0 Å². The van der Waals surface area contributed by atoms with Gasteiger partial charge >= 0.3 is 0 Å². The molecule has 2 fully saturated rings. The quantitative estimate of drug-likeness (QED) is 0.702. The number of hydrogen-bond acceptors (Lipinski definition) is 4. The number of hydrogen-bond donors (Lipinski definition) is 0. The molecule has 3 rings (SSSR count). The fourth-order valence-corrected chi connectivity index (χ4v) is 5.85. The first-order chi connectivity index (χ1) is 12.6. The lowest BCUT2D eigenvalue weighted by Crippen LogP contribution is -2.56. The highest BCUT2D eigenvalue weighted by atomic mass is 16.5. The van der Waals surface area contributed by atoms with Crippen molar-refractivity contribution < 1.29 is 19.1 Å². The summed E-state index contributed by atoms with van der Waals surface area (Å²) >= 11 is 0. The van der Waals surface area contributed by atoms with Gasteiger partial charge in [0.25, 0.3) is 0 Å². The van der Waals surface area contributed by atoms with E-state index >= 15 is 0 Å². The summed E-state index contributed by atoms with van der Waals surface area (Å²) in [6, 6.07) is 5.30. The molecule has 0 radical (unpaired) electrons. The number of Topliss-reactive ketones (excluding diaryl/α,β-unsaturated/α-hetero) is 2. The van der Waals surface area contributed by atoms with E-state index in [1.165, 1.54) is 0 Å². The van der Waals surface area contributed by atoms with Crippen LogP contribution in [0.3, 0.4) is 0 Å². The van der Waals surface area contributed by atoms with E-state index in [1.54, 1.807) is 32.4 Å². The number of benzene rings is 1. The maximum Gasteiger partial charge on any atom is 0.167 e. The zero-order valence-corrected chi connectivity index (χ0v) is 17.4. The molecule has 0 heterocycles. The van der Waals surface area contributed by atoms with E-state index in [-0.39, 0.29) is 40.2 Å². The predicted molar refractivity (Wildman–Crippen MR) is 105 cm³/mol. The van der Waals surface area contributed by atoms with Gasteiger partial charge in [0.15, 0.2) is 5.78 Å². The minimum atomic E-state index is -0.305. The summed E-state index contributed by atoms with van der Waals surface area (Å²) < 4.78 is 10.7. The molecule has 0 aliphatic heterocycles. The normalized spacial score (nSPS) is 32.5. The molecule has 2 aliphatic rings. The first-order valence-corrected chi connectivity index (χ1v) is 9.94. The topological polar surface area (TPSA) is 52.6 Å². The molecule has 2 saturated carbocycles. The molecule has 4 nitrogen and oxygen atoms in total. The van der Waals surface area contributed by atoms with E-state index in [0.717, 1.165) is 19.3 Å². The van der Waals surface area contributed by atoms with Crippen LogP contribution in [0, 0.1) is 28.6 Å². The van der Waals surface area contributed by atoms with Crippen molar-refractivity contribution in [3.05, 3.63) is 23.8 Å². The standard InChI is InChI=1S/C23H32O4/c1-14-18(24)13-19-22(2,3)8-7-9-23(19,4)20(14)21(25)15-10-16(26-5)12-17(11-15)27-6/h10-12,14,19-20H,7-9,13H2,1-6H3/t14-,19?,20+,23-/m0/s1. The molecule has 148 valence electrons. The molecule has 0 spiro atoms. The van der Waals surface area contributed by atoms with Crippen molar-refractivity contribution in [1.29, 1.82) is 0 Å². The van der Waals surface area contributed by atoms with Crippen LogP contribution >= 0.6 is 0 Å². The third-order valence-electron chi connectivity index (χ3n) is 7.32. The van der Waals surface area contributed by atoms with Gasteiger partial charge in [-0.05, 0) is 41.7 Å². The third-order valence-corrected chi connectivity index (χ3v) is 7.32. The van der Waals surface area contributed by atoms with E-state index in [2.05, 4.69) is 20.8 Å². The first-order valence-electron chi connectivity index (χ1n) is 9.94. The van der Waals surface area contributed by atoms with Crippen molar-refractivity contribution in [3.8, 4) is 11.5 Å². The monoisotopic (exact) mass is 372 g/mol. The van der Waals surface area contributed by atoms with Crippen LogP contribution < -0.4 is 9.47 Å². The molecule has 1 aromatic carbocycles. The van der Waals surface area contributed by atoms with Gasteiger partial charge in [-0.25, -0.2) is 0 Å². The molecule has 4 heteroatoms. The fourth-order valence-electron chi connectivity index (χ4n) is 5.85. The third kappa shape index (κ3) is 3.28. The molecule has 1 unspecified atom stereocenters. The van der Waals surface area contributed by atoms with Gasteiger partial charge in [0, 0.05) is 29.9 Å². The highest BCUT2D eigenvalue weighted by molar-refractivity contribution is 6.02. The van der Waals surface area contributed by atoms with Crippen molar-refractivity contribution in [2.45, 2.75) is 53.4 Å². The van der Waals surface area contributed by atoms with Crippen molar-refractivity contribution in [2.75, 3.05) is 14.2 Å². The van der Waals surface area contributed by atoms with E-state index in [0.29, 0.717) is 23.5 Å². The summed E-state index contributed by atoms with van der Waals surface area (Å²) in [5.41, 5.74) is 0.483. The molecule has 0 aromatic heterocycles. The largest absolute Gasteiger partial charge is 0.497 e. The molecule has 0 N–H and O–H groups in total. The van der Waals surface area contributed by atoms with Gasteiger partial charge in [-0.15, -0.1) is 0 Å². The lowest BCUT2D eigenvalue weighted by molar-refractivity contribution is -0.143. The minimum Gasteiger partial charge on any atom is -0.497 e. The van der Waals surface area contributed by atoms with Crippen LogP contribution in [0.15, 0.2) is 18.2 Å². The second-order valence-electron chi connectivity index (χ2n) is 9.30. The molecule has 2 aliphatic carbocycles. The summed E-state index contributed by atoms with van der Waals surface area (Å²) in [6.45, 7) is 8.69. The Hall–Kier alpha value is -1.84. The number of ether oxygens (including phenoxy) is 2. The average Bonchev–Trinajstić information content (AvgIpc) is 2.63. The van der Waals surface area contributed by atoms with Gasteiger partial charge < -0.3 is 9.47 Å². The number of fused-ring (bicyclic) bond motifs is 1. The first kappa shape index (κ1) is 19.9. The Morgan fingerprint density at radius 1 is 1.04 bits per heavy atom. The van der Waals surface area contributed by atoms with Crippen LogP contribution in [-0.4, -0.2) is 25.8 Å². The van der Waals surface area contributed by atoms with Crippen molar-refractivity contribution in [1.82, 2.24) is 0 Å². The lowest BCUT2D eigenvalue weighted by atomic mass is 9.45. The van der Waals surface area contributed by atoms with Crippen LogP contribution in [0.4, 0.5) is 0 Å². The van der Waals surface area contributed by atoms with E-state index < -0.39 is 0 Å². The molecule has 0 amide bonds. The Morgan fingerprint density at radius 2 is 1.63 bits per heavy atom. The van der Waals surface area contributed by atoms with Gasteiger partial charge in [0.2, 0.25) is 0 Å². The minimum absolute atomic E-state index is 0.0398. The molecular formula is C23H32O4. The Bertz CT molecular complexity index is 728. The lowest BCUT2D eigenvalue weighted by Gasteiger charge is -2.57. The maximum atomic E-state index is 13.7. The molecule has 27 heavy (non-hydrogen) atoms. The number of carbonyl (C=O) groups is 2.